The van der Waals surface area contributed by atoms with Crippen LogP contribution in [-0.2, 0) is 6.54 Å². The van der Waals surface area contributed by atoms with Gasteiger partial charge >= 0.3 is 5.97 Å². The Morgan fingerprint density at radius 3 is 2.71 bits per heavy atom. The van der Waals surface area contributed by atoms with E-state index in [9.17, 15) is 4.79 Å². The monoisotopic (exact) mass is 233 g/mol. The summed E-state index contributed by atoms with van der Waals surface area (Å²) in [6.45, 7) is 7.36. The molecule has 3 nitrogen and oxygen atoms in total. The summed E-state index contributed by atoms with van der Waals surface area (Å²) in [6, 6.07) is 7.28. The molecule has 0 spiro atoms. The maximum atomic E-state index is 11.1. The van der Waals surface area contributed by atoms with Crippen LogP contribution >= 0.6 is 0 Å². The minimum atomic E-state index is -0.834. The van der Waals surface area contributed by atoms with Crippen LogP contribution in [0.3, 0.4) is 0 Å². The van der Waals surface area contributed by atoms with Crippen LogP contribution in [0.4, 0.5) is 0 Å². The molecule has 0 aromatic heterocycles. The maximum absolute atomic E-state index is 11.1. The molecule has 2 rings (SSSR count). The number of aromatic carboxylic acids is 1. The van der Waals surface area contributed by atoms with Gasteiger partial charge < -0.3 is 5.11 Å². The minimum absolute atomic E-state index is 0.359. The first kappa shape index (κ1) is 12.1. The summed E-state index contributed by atoms with van der Waals surface area (Å²) in [4.78, 5) is 13.4. The molecule has 1 aromatic carbocycles. The average Bonchev–Trinajstić information content (AvgIpc) is 2.58. The molecule has 17 heavy (non-hydrogen) atoms. The number of carboxylic acid groups (broad SMARTS) is 1. The van der Waals surface area contributed by atoms with Crippen LogP contribution in [-0.4, -0.2) is 29.1 Å². The second-order valence-electron chi connectivity index (χ2n) is 5.59. The van der Waals surface area contributed by atoms with E-state index in [1.807, 2.05) is 12.1 Å². The van der Waals surface area contributed by atoms with E-state index in [0.29, 0.717) is 11.0 Å². The molecule has 1 heterocycles. The summed E-state index contributed by atoms with van der Waals surface area (Å²) in [5, 5.41) is 9.12. The number of benzene rings is 1. The van der Waals surface area contributed by atoms with Crippen LogP contribution in [0, 0.1) is 5.41 Å². The van der Waals surface area contributed by atoms with Gasteiger partial charge in [0.05, 0.1) is 5.56 Å². The lowest BCUT2D eigenvalue weighted by Gasteiger charge is -2.20. The van der Waals surface area contributed by atoms with Gasteiger partial charge in [0.1, 0.15) is 0 Å². The zero-order valence-corrected chi connectivity index (χ0v) is 10.4. The molecule has 1 N–H and O–H groups in total. The minimum Gasteiger partial charge on any atom is -0.478 e. The van der Waals surface area contributed by atoms with Crippen molar-refractivity contribution in [2.24, 2.45) is 5.41 Å². The predicted octanol–water partition coefficient (Wildman–Crippen LogP) is 2.62. The average molecular weight is 233 g/mol. The van der Waals surface area contributed by atoms with E-state index in [-0.39, 0.29) is 0 Å². The highest BCUT2D eigenvalue weighted by Gasteiger charge is 2.29. The summed E-state index contributed by atoms with van der Waals surface area (Å²) in [6.07, 6.45) is 1.18. The van der Waals surface area contributed by atoms with Gasteiger partial charge in [0.15, 0.2) is 0 Å². The Bertz CT molecular complexity index is 426. The third-order valence-electron chi connectivity index (χ3n) is 3.40. The van der Waals surface area contributed by atoms with Crippen molar-refractivity contribution in [1.29, 1.82) is 0 Å². The summed E-state index contributed by atoms with van der Waals surface area (Å²) >= 11 is 0. The fourth-order valence-corrected chi connectivity index (χ4v) is 2.47. The molecule has 0 bridgehead atoms. The molecular formula is C14H19NO2. The standard InChI is InChI=1S/C14H19NO2/c1-14(2)7-8-15(10-14)9-11-5-3-4-6-12(11)13(16)17/h3-6H,7-10H2,1-2H3,(H,16,17). The van der Waals surface area contributed by atoms with Crippen molar-refractivity contribution < 1.29 is 9.90 Å². The number of carboxylic acids is 1. The molecule has 0 atom stereocenters. The van der Waals surface area contributed by atoms with Crippen molar-refractivity contribution in [1.82, 2.24) is 4.90 Å². The van der Waals surface area contributed by atoms with E-state index in [0.717, 1.165) is 25.2 Å². The Balaban J connectivity index is 2.12. The normalized spacial score (nSPS) is 19.4. The second kappa shape index (κ2) is 4.49. The van der Waals surface area contributed by atoms with Crippen molar-refractivity contribution in [3.8, 4) is 0 Å². The molecule has 1 fully saturated rings. The Hall–Kier alpha value is -1.35. The lowest BCUT2D eigenvalue weighted by molar-refractivity contribution is 0.0694. The number of carbonyl (C=O) groups is 1. The van der Waals surface area contributed by atoms with E-state index in [4.69, 9.17) is 5.11 Å². The Labute approximate surface area is 102 Å². The summed E-state index contributed by atoms with van der Waals surface area (Å²) in [5.41, 5.74) is 1.70. The molecule has 0 radical (unpaired) electrons. The maximum Gasteiger partial charge on any atom is 0.336 e. The van der Waals surface area contributed by atoms with E-state index in [2.05, 4.69) is 18.7 Å². The number of likely N-dealkylation sites (tertiary alicyclic amines) is 1. The van der Waals surface area contributed by atoms with Gasteiger partial charge in [-0.25, -0.2) is 4.79 Å². The first-order valence-electron chi connectivity index (χ1n) is 6.01. The molecule has 3 heteroatoms. The largest absolute Gasteiger partial charge is 0.478 e. The lowest BCUT2D eigenvalue weighted by Crippen LogP contribution is -2.23. The Morgan fingerprint density at radius 1 is 1.41 bits per heavy atom. The topological polar surface area (TPSA) is 40.5 Å². The Kier molecular flexibility index (Phi) is 3.20. The van der Waals surface area contributed by atoms with Crippen molar-refractivity contribution in [2.75, 3.05) is 13.1 Å². The van der Waals surface area contributed by atoms with Gasteiger partial charge in [-0.2, -0.15) is 0 Å². The molecule has 1 aliphatic rings. The zero-order chi connectivity index (χ0) is 12.5. The number of hydrogen-bond acceptors (Lipinski definition) is 2. The lowest BCUT2D eigenvalue weighted by atomic mass is 9.93. The highest BCUT2D eigenvalue weighted by atomic mass is 16.4. The summed E-state index contributed by atoms with van der Waals surface area (Å²) in [7, 11) is 0. The van der Waals surface area contributed by atoms with E-state index in [1.165, 1.54) is 6.42 Å². The highest BCUT2D eigenvalue weighted by molar-refractivity contribution is 5.89. The van der Waals surface area contributed by atoms with E-state index < -0.39 is 5.97 Å². The second-order valence-corrected chi connectivity index (χ2v) is 5.59. The third-order valence-corrected chi connectivity index (χ3v) is 3.40. The highest BCUT2D eigenvalue weighted by Crippen LogP contribution is 2.30. The molecule has 92 valence electrons. The first-order chi connectivity index (χ1) is 7.98. The van der Waals surface area contributed by atoms with Gasteiger partial charge in [-0.1, -0.05) is 32.0 Å². The summed E-state index contributed by atoms with van der Waals surface area (Å²) < 4.78 is 0. The van der Waals surface area contributed by atoms with E-state index >= 15 is 0 Å². The van der Waals surface area contributed by atoms with Crippen molar-refractivity contribution in [2.45, 2.75) is 26.8 Å². The van der Waals surface area contributed by atoms with Crippen LogP contribution in [0.2, 0.25) is 0 Å². The van der Waals surface area contributed by atoms with Crippen LogP contribution in [0.1, 0.15) is 36.2 Å². The number of nitrogens with zero attached hydrogens (tertiary/aromatic N) is 1. The van der Waals surface area contributed by atoms with Crippen LogP contribution in [0.15, 0.2) is 24.3 Å². The van der Waals surface area contributed by atoms with Crippen molar-refractivity contribution in [3.05, 3.63) is 35.4 Å². The molecule has 1 saturated heterocycles. The quantitative estimate of drug-likeness (QED) is 0.872. The van der Waals surface area contributed by atoms with Gasteiger partial charge in [0.25, 0.3) is 0 Å². The van der Waals surface area contributed by atoms with Gasteiger partial charge in [-0.15, -0.1) is 0 Å². The van der Waals surface area contributed by atoms with E-state index in [1.54, 1.807) is 12.1 Å². The van der Waals surface area contributed by atoms with Gasteiger partial charge in [-0.05, 0) is 30.0 Å². The smallest absolute Gasteiger partial charge is 0.336 e. The summed E-state index contributed by atoms with van der Waals surface area (Å²) in [5.74, 6) is -0.834. The fraction of sp³-hybridized carbons (Fsp3) is 0.500. The fourth-order valence-electron chi connectivity index (χ4n) is 2.47. The molecule has 0 amide bonds. The van der Waals surface area contributed by atoms with Gasteiger partial charge in [0.2, 0.25) is 0 Å². The van der Waals surface area contributed by atoms with Crippen molar-refractivity contribution >= 4 is 5.97 Å². The molecule has 1 aromatic rings. The zero-order valence-electron chi connectivity index (χ0n) is 10.4. The predicted molar refractivity (Wildman–Crippen MR) is 67.1 cm³/mol. The molecule has 1 aliphatic heterocycles. The first-order valence-corrected chi connectivity index (χ1v) is 6.01. The SMILES string of the molecule is CC1(C)CCN(Cc2ccccc2C(=O)O)C1. The molecule has 0 unspecified atom stereocenters. The van der Waals surface area contributed by atoms with Gasteiger partial charge in [-0.3, -0.25) is 4.90 Å². The third kappa shape index (κ3) is 2.86. The molecular weight excluding hydrogens is 214 g/mol. The number of rotatable bonds is 3. The molecule has 0 aliphatic carbocycles. The number of hydrogen-bond donors (Lipinski definition) is 1. The Morgan fingerprint density at radius 2 is 2.12 bits per heavy atom. The van der Waals surface area contributed by atoms with Crippen LogP contribution < -0.4 is 0 Å². The van der Waals surface area contributed by atoms with Crippen LogP contribution in [0.5, 0.6) is 0 Å². The van der Waals surface area contributed by atoms with Crippen molar-refractivity contribution in [3.63, 3.8) is 0 Å². The van der Waals surface area contributed by atoms with Crippen LogP contribution in [0.25, 0.3) is 0 Å². The van der Waals surface area contributed by atoms with Gasteiger partial charge in [0, 0.05) is 13.1 Å². The molecule has 0 saturated carbocycles.